The van der Waals surface area contributed by atoms with Crippen LogP contribution in [-0.2, 0) is 23.2 Å². The number of anilines is 2. The number of hydrogen-bond acceptors (Lipinski definition) is 10. The Bertz CT molecular complexity index is 2070. The number of ketones is 2. The Morgan fingerprint density at radius 3 is 2.45 bits per heavy atom. The molecule has 0 radical (unpaired) electrons. The predicted octanol–water partition coefficient (Wildman–Crippen LogP) is 5.03. The van der Waals surface area contributed by atoms with Crippen molar-refractivity contribution in [3.8, 4) is 16.9 Å². The Morgan fingerprint density at radius 1 is 0.962 bits per heavy atom. The molecule has 53 heavy (non-hydrogen) atoms. The third kappa shape index (κ3) is 8.03. The second-order valence-corrected chi connectivity index (χ2v) is 13.9. The summed E-state index contributed by atoms with van der Waals surface area (Å²) in [6, 6.07) is 8.05. The van der Waals surface area contributed by atoms with E-state index in [0.29, 0.717) is 66.7 Å². The van der Waals surface area contributed by atoms with Crippen molar-refractivity contribution >= 4 is 33.8 Å². The highest BCUT2D eigenvalue weighted by molar-refractivity contribution is 6.04. The summed E-state index contributed by atoms with van der Waals surface area (Å²) in [4.78, 5) is 50.0. The Balaban J connectivity index is 0.989. The molecule has 2 aliphatic heterocycles. The number of carbonyl (C=O) groups is 2. The molecular formula is C37H38F5N7O4. The van der Waals surface area contributed by atoms with Crippen LogP contribution in [0.2, 0.25) is 0 Å². The van der Waals surface area contributed by atoms with Gasteiger partial charge >= 0.3 is 6.36 Å². The molecule has 2 unspecified atom stereocenters. The van der Waals surface area contributed by atoms with Gasteiger partial charge < -0.3 is 19.5 Å². The summed E-state index contributed by atoms with van der Waals surface area (Å²) in [5, 5.41) is 3.90. The van der Waals surface area contributed by atoms with Crippen LogP contribution in [0.15, 0.2) is 66.0 Å². The smallest absolute Gasteiger partial charge is 0.405 e. The second-order valence-electron chi connectivity index (χ2n) is 13.9. The molecule has 280 valence electrons. The maximum atomic E-state index is 15.8. The monoisotopic (exact) mass is 739 g/mol. The molecule has 11 nitrogen and oxygen atoms in total. The van der Waals surface area contributed by atoms with Crippen molar-refractivity contribution in [3.05, 3.63) is 77.1 Å². The number of nitrogens with zero attached hydrogens (tertiary/aromatic N) is 6. The second kappa shape index (κ2) is 14.5. The zero-order chi connectivity index (χ0) is 37.5. The maximum Gasteiger partial charge on any atom is 0.573 e. The lowest BCUT2D eigenvalue weighted by atomic mass is 9.93. The molecule has 0 spiro atoms. The number of pyridine rings is 3. The van der Waals surface area contributed by atoms with E-state index in [1.807, 2.05) is 6.07 Å². The first-order chi connectivity index (χ1) is 25.2. The van der Waals surface area contributed by atoms with Crippen molar-refractivity contribution in [2.45, 2.75) is 56.6 Å². The topological polar surface area (TPSA) is 113 Å². The molecule has 1 aliphatic carbocycles. The van der Waals surface area contributed by atoms with Crippen LogP contribution in [0.5, 0.6) is 5.75 Å². The molecule has 5 heterocycles. The SMILES string of the molecule is Cn1cc(-c2ccc(CN3CCC(N4CCN(c5ccc(NC6CCC(=O)CC6=O)nc5)CC4)C(F)(F)C3)c(OC(F)(F)F)c2)c2ccncc2c1=O. The molecule has 3 aliphatic rings. The number of benzene rings is 1. The number of alkyl halides is 5. The number of halogens is 5. The van der Waals surface area contributed by atoms with Crippen LogP contribution in [0.1, 0.15) is 31.2 Å². The number of nitrogens with one attached hydrogen (secondary N) is 1. The van der Waals surface area contributed by atoms with E-state index >= 15 is 8.78 Å². The van der Waals surface area contributed by atoms with E-state index in [-0.39, 0.29) is 48.6 Å². The van der Waals surface area contributed by atoms with E-state index in [4.69, 9.17) is 0 Å². The fourth-order valence-electron chi connectivity index (χ4n) is 7.59. The van der Waals surface area contributed by atoms with Crippen molar-refractivity contribution in [1.29, 1.82) is 0 Å². The maximum absolute atomic E-state index is 15.8. The normalized spacial score (nSPS) is 21.6. The number of aryl methyl sites for hydroxylation is 1. The molecular weight excluding hydrogens is 701 g/mol. The number of Topliss-reactive ketones (excluding diaryl/α,β-unsaturated/α-hetero) is 2. The van der Waals surface area contributed by atoms with Crippen molar-refractivity contribution in [3.63, 3.8) is 0 Å². The number of carbonyl (C=O) groups excluding carboxylic acids is 2. The molecule has 4 aromatic rings. The molecule has 1 aromatic carbocycles. The highest BCUT2D eigenvalue weighted by Gasteiger charge is 2.48. The average molecular weight is 740 g/mol. The third-order valence-electron chi connectivity index (χ3n) is 10.3. The van der Waals surface area contributed by atoms with Gasteiger partial charge in [0.25, 0.3) is 11.5 Å². The first-order valence-corrected chi connectivity index (χ1v) is 17.4. The summed E-state index contributed by atoms with van der Waals surface area (Å²) in [7, 11) is 1.54. The van der Waals surface area contributed by atoms with Gasteiger partial charge in [0.1, 0.15) is 17.4 Å². The molecule has 3 fully saturated rings. The van der Waals surface area contributed by atoms with Crippen LogP contribution in [0, 0.1) is 0 Å². The highest BCUT2D eigenvalue weighted by atomic mass is 19.4. The first kappa shape index (κ1) is 36.4. The van der Waals surface area contributed by atoms with Crippen LogP contribution >= 0.6 is 0 Å². The number of rotatable bonds is 8. The van der Waals surface area contributed by atoms with E-state index in [2.05, 4.69) is 24.9 Å². The lowest BCUT2D eigenvalue weighted by Gasteiger charge is -2.46. The van der Waals surface area contributed by atoms with Gasteiger partial charge in [-0.2, -0.15) is 0 Å². The number of likely N-dealkylation sites (tertiary alicyclic amines) is 1. The van der Waals surface area contributed by atoms with Crippen molar-refractivity contribution in [2.24, 2.45) is 7.05 Å². The Labute approximate surface area is 301 Å². The summed E-state index contributed by atoms with van der Waals surface area (Å²) in [6.07, 6.45) is 1.92. The Kier molecular flexibility index (Phi) is 9.93. The number of ether oxygens (including phenoxy) is 1. The summed E-state index contributed by atoms with van der Waals surface area (Å²) < 4.78 is 78.1. The van der Waals surface area contributed by atoms with Gasteiger partial charge in [0.2, 0.25) is 0 Å². The molecule has 1 saturated carbocycles. The largest absolute Gasteiger partial charge is 0.573 e. The van der Waals surface area contributed by atoms with Gasteiger partial charge in [-0.15, -0.1) is 13.2 Å². The van der Waals surface area contributed by atoms with E-state index in [1.54, 1.807) is 29.3 Å². The van der Waals surface area contributed by atoms with Crippen LogP contribution in [-0.4, -0.2) is 99.5 Å². The standard InChI is InChI=1S/C37H38F5N7O4/c1-46-21-29(27-8-10-43-19-28(27)35(46)52)23-2-3-24(32(16-23)53-37(40,41)42)20-47-11-9-33(36(38,39)22-47)49-14-12-48(13-15-49)25-4-7-34(44-18-25)45-30-6-5-26(50)17-31(30)51/h2-4,7-8,10,16,18-19,21,30,33H,5-6,9,11-15,17,20,22H2,1H3,(H,44,45). The van der Waals surface area contributed by atoms with E-state index in [0.717, 1.165) is 5.69 Å². The lowest BCUT2D eigenvalue weighted by molar-refractivity contribution is -0.275. The summed E-state index contributed by atoms with van der Waals surface area (Å²) in [6.45, 7) is 1.24. The molecule has 0 amide bonds. The van der Waals surface area contributed by atoms with E-state index in [1.165, 1.54) is 47.2 Å². The van der Waals surface area contributed by atoms with E-state index < -0.39 is 36.7 Å². The third-order valence-corrected chi connectivity index (χ3v) is 10.3. The number of fused-ring (bicyclic) bond motifs is 1. The summed E-state index contributed by atoms with van der Waals surface area (Å²) >= 11 is 0. The van der Waals surface area contributed by atoms with Gasteiger partial charge in [-0.1, -0.05) is 12.1 Å². The van der Waals surface area contributed by atoms with Gasteiger partial charge in [-0.3, -0.25) is 29.2 Å². The van der Waals surface area contributed by atoms with Crippen LogP contribution in [0.3, 0.4) is 0 Å². The molecule has 2 atom stereocenters. The zero-order valence-corrected chi connectivity index (χ0v) is 28.9. The molecule has 7 rings (SSSR count). The van der Waals surface area contributed by atoms with Gasteiger partial charge in [0.15, 0.2) is 5.78 Å². The molecule has 2 saturated heterocycles. The highest BCUT2D eigenvalue weighted by Crippen LogP contribution is 2.37. The quantitative estimate of drug-likeness (QED) is 0.195. The molecule has 3 aromatic heterocycles. The summed E-state index contributed by atoms with van der Waals surface area (Å²) in [5.41, 5.74) is 1.48. The van der Waals surface area contributed by atoms with Gasteiger partial charge in [0.05, 0.1) is 42.3 Å². The van der Waals surface area contributed by atoms with Crippen molar-refractivity contribution < 1.29 is 36.3 Å². The first-order valence-electron chi connectivity index (χ1n) is 17.4. The number of piperazine rings is 1. The fraction of sp³-hybridized carbons (Fsp3) is 0.432. The van der Waals surface area contributed by atoms with Gasteiger partial charge in [0, 0.05) is 82.5 Å². The summed E-state index contributed by atoms with van der Waals surface area (Å²) in [5.74, 6) is -3.29. The Morgan fingerprint density at radius 2 is 1.75 bits per heavy atom. The van der Waals surface area contributed by atoms with Gasteiger partial charge in [-0.05, 0) is 48.1 Å². The fourth-order valence-corrected chi connectivity index (χ4v) is 7.59. The molecule has 16 heteroatoms. The number of hydrogen-bond donors (Lipinski definition) is 1. The minimum Gasteiger partial charge on any atom is -0.405 e. The van der Waals surface area contributed by atoms with Crippen molar-refractivity contribution in [1.82, 2.24) is 24.3 Å². The van der Waals surface area contributed by atoms with Crippen LogP contribution in [0.25, 0.3) is 21.9 Å². The van der Waals surface area contributed by atoms with Crippen LogP contribution < -0.4 is 20.5 Å². The van der Waals surface area contributed by atoms with Crippen LogP contribution in [0.4, 0.5) is 33.5 Å². The van der Waals surface area contributed by atoms with Gasteiger partial charge in [-0.25, -0.2) is 13.8 Å². The molecule has 1 N–H and O–H groups in total. The Hall–Kier alpha value is -4.96. The molecule has 0 bridgehead atoms. The average Bonchev–Trinajstić information content (AvgIpc) is 3.11. The minimum absolute atomic E-state index is 0.0537. The zero-order valence-electron chi connectivity index (χ0n) is 28.9. The van der Waals surface area contributed by atoms with E-state index in [9.17, 15) is 27.6 Å². The van der Waals surface area contributed by atoms with Crippen molar-refractivity contribution in [2.75, 3.05) is 49.5 Å². The minimum atomic E-state index is -5.02. The predicted molar refractivity (Wildman–Crippen MR) is 187 cm³/mol. The number of piperidine rings is 1. The lowest BCUT2D eigenvalue weighted by Crippen LogP contribution is -2.61. The number of aromatic nitrogens is 3.